The molecule has 0 saturated heterocycles. The quantitative estimate of drug-likeness (QED) is 0.364. The Morgan fingerprint density at radius 1 is 0.500 bits per heavy atom. The highest BCUT2D eigenvalue weighted by Crippen LogP contribution is 2.16. The second-order valence-electron chi connectivity index (χ2n) is 7.16. The van der Waals surface area contributed by atoms with Gasteiger partial charge in [0.05, 0.1) is 0 Å². The van der Waals surface area contributed by atoms with Crippen molar-refractivity contribution < 1.29 is 26.6 Å². The van der Waals surface area contributed by atoms with Crippen LogP contribution in [0, 0.1) is 0 Å². The van der Waals surface area contributed by atoms with Gasteiger partial charge in [-0.2, -0.15) is 0 Å². The Morgan fingerprint density at radius 2 is 0.767 bits per heavy atom. The molecule has 0 saturated carbocycles. The zero-order valence-corrected chi connectivity index (χ0v) is 23.4. The van der Waals surface area contributed by atoms with Gasteiger partial charge in [-0.1, -0.05) is 18.2 Å². The maximum atomic E-state index is 6.38. The second-order valence-corrected chi connectivity index (χ2v) is 16.1. The molecular weight excluding hydrogens is 432 g/mol. The molecule has 0 aliphatic rings. The van der Waals surface area contributed by atoms with E-state index < -0.39 is 25.7 Å². The summed E-state index contributed by atoms with van der Waals surface area (Å²) in [6.45, 7) is 21.9. The maximum absolute atomic E-state index is 6.38. The van der Waals surface area contributed by atoms with Crippen molar-refractivity contribution >= 4 is 41.2 Å². The van der Waals surface area contributed by atoms with Gasteiger partial charge < -0.3 is 26.6 Å². The van der Waals surface area contributed by atoms with Crippen LogP contribution >= 0.6 is 0 Å². The van der Waals surface area contributed by atoms with Crippen molar-refractivity contribution in [2.24, 2.45) is 0 Å². The largest absolute Gasteiger partial charge is 0.391 e. The standard InChI is InChI=1S/C21H42O6Si3/c1-10-22-28(7,23-11-2)19-17-16-18-20(29(8,24-12-3)25-13-4)21(19)30(9,26-14-5)27-15-6/h16-18H,10-15H2,1-9H3. The Morgan fingerprint density at radius 3 is 1.03 bits per heavy atom. The molecule has 1 aromatic carbocycles. The van der Waals surface area contributed by atoms with Crippen molar-refractivity contribution in [1.82, 2.24) is 0 Å². The first kappa shape index (κ1) is 27.7. The van der Waals surface area contributed by atoms with Crippen LogP contribution in [-0.4, -0.2) is 65.3 Å². The molecule has 1 aromatic rings. The van der Waals surface area contributed by atoms with Gasteiger partial charge in [0.15, 0.2) is 0 Å². The lowest BCUT2D eigenvalue weighted by Crippen LogP contribution is -2.74. The molecule has 0 aliphatic heterocycles. The Balaban J connectivity index is 3.95. The first-order chi connectivity index (χ1) is 14.2. The fourth-order valence-electron chi connectivity index (χ4n) is 4.03. The van der Waals surface area contributed by atoms with E-state index in [1.807, 2.05) is 41.5 Å². The zero-order valence-electron chi connectivity index (χ0n) is 20.4. The third-order valence-electron chi connectivity index (χ3n) is 5.02. The molecule has 0 aliphatic carbocycles. The SMILES string of the molecule is CCO[Si](C)(OCC)c1cccc([Si](C)(OCC)OCC)c1[Si](C)(OCC)OCC. The van der Waals surface area contributed by atoms with Gasteiger partial charge in [0, 0.05) is 44.8 Å². The first-order valence-corrected chi connectivity index (χ1v) is 18.1. The van der Waals surface area contributed by atoms with Crippen LogP contribution in [0.15, 0.2) is 18.2 Å². The summed E-state index contributed by atoms with van der Waals surface area (Å²) < 4.78 is 37.9. The summed E-state index contributed by atoms with van der Waals surface area (Å²) in [5.41, 5.74) is 0. The molecule has 0 radical (unpaired) electrons. The van der Waals surface area contributed by atoms with Crippen LogP contribution in [0.5, 0.6) is 0 Å². The summed E-state index contributed by atoms with van der Waals surface area (Å²) in [4.78, 5) is 0. The van der Waals surface area contributed by atoms with E-state index in [-0.39, 0.29) is 0 Å². The molecule has 0 fully saturated rings. The molecule has 0 bridgehead atoms. The Labute approximate surface area is 186 Å². The topological polar surface area (TPSA) is 55.4 Å². The van der Waals surface area contributed by atoms with Gasteiger partial charge in [0.1, 0.15) is 0 Å². The summed E-state index contributed by atoms with van der Waals surface area (Å²) in [5, 5.41) is 3.21. The average Bonchev–Trinajstić information content (AvgIpc) is 2.68. The van der Waals surface area contributed by atoms with E-state index in [1.54, 1.807) is 0 Å². The summed E-state index contributed by atoms with van der Waals surface area (Å²) in [5.74, 6) is 0. The van der Waals surface area contributed by atoms with E-state index in [0.717, 1.165) is 15.6 Å². The van der Waals surface area contributed by atoms with Crippen LogP contribution in [0.3, 0.4) is 0 Å². The normalized spacial score (nSPS) is 13.1. The molecule has 0 N–H and O–H groups in total. The van der Waals surface area contributed by atoms with Crippen molar-refractivity contribution in [2.45, 2.75) is 61.2 Å². The number of rotatable bonds is 15. The summed E-state index contributed by atoms with van der Waals surface area (Å²) in [7, 11) is -8.22. The van der Waals surface area contributed by atoms with Crippen molar-refractivity contribution in [2.75, 3.05) is 39.6 Å². The van der Waals surface area contributed by atoms with Crippen molar-refractivity contribution in [1.29, 1.82) is 0 Å². The molecule has 0 atom stereocenters. The minimum absolute atomic E-state index is 0.569. The van der Waals surface area contributed by atoms with Gasteiger partial charge in [-0.3, -0.25) is 0 Å². The lowest BCUT2D eigenvalue weighted by molar-refractivity contribution is 0.196. The van der Waals surface area contributed by atoms with Gasteiger partial charge in [-0.15, -0.1) is 0 Å². The molecule has 9 heteroatoms. The molecule has 174 valence electrons. The van der Waals surface area contributed by atoms with Crippen LogP contribution < -0.4 is 15.6 Å². The Kier molecular flexibility index (Phi) is 11.6. The fourth-order valence-corrected chi connectivity index (χ4v) is 14.5. The van der Waals surface area contributed by atoms with E-state index >= 15 is 0 Å². The van der Waals surface area contributed by atoms with Crippen LogP contribution in [0.1, 0.15) is 41.5 Å². The van der Waals surface area contributed by atoms with E-state index in [2.05, 4.69) is 37.8 Å². The molecule has 6 nitrogen and oxygen atoms in total. The monoisotopic (exact) mass is 474 g/mol. The minimum Gasteiger partial charge on any atom is -0.391 e. The third-order valence-corrected chi connectivity index (χ3v) is 14.8. The predicted octanol–water partition coefficient (Wildman–Crippen LogP) is 2.74. The Hall–Kier alpha value is -0.369. The lowest BCUT2D eigenvalue weighted by Gasteiger charge is -2.38. The second kappa shape index (κ2) is 12.6. The van der Waals surface area contributed by atoms with Gasteiger partial charge in [-0.25, -0.2) is 0 Å². The molecule has 1 rings (SSSR count). The number of hydrogen-bond acceptors (Lipinski definition) is 6. The van der Waals surface area contributed by atoms with Crippen LogP contribution in [0.4, 0.5) is 0 Å². The summed E-state index contributed by atoms with van der Waals surface area (Å²) >= 11 is 0. The van der Waals surface area contributed by atoms with Gasteiger partial charge in [-0.05, 0) is 71.6 Å². The molecular formula is C21H42O6Si3. The van der Waals surface area contributed by atoms with E-state index in [0.29, 0.717) is 39.6 Å². The van der Waals surface area contributed by atoms with E-state index in [9.17, 15) is 0 Å². The van der Waals surface area contributed by atoms with Gasteiger partial charge in [0.2, 0.25) is 0 Å². The van der Waals surface area contributed by atoms with E-state index in [4.69, 9.17) is 26.6 Å². The number of hydrogen-bond donors (Lipinski definition) is 0. The van der Waals surface area contributed by atoms with E-state index in [1.165, 1.54) is 0 Å². The third kappa shape index (κ3) is 6.33. The zero-order chi connectivity index (χ0) is 22.8. The fraction of sp³-hybridized carbons (Fsp3) is 0.714. The van der Waals surface area contributed by atoms with Crippen molar-refractivity contribution in [3.63, 3.8) is 0 Å². The highest BCUT2D eigenvalue weighted by atomic mass is 28.4. The average molecular weight is 475 g/mol. The summed E-state index contributed by atoms with van der Waals surface area (Å²) in [6.07, 6.45) is 0. The molecule has 0 aromatic heterocycles. The molecule has 0 amide bonds. The smallest absolute Gasteiger partial charge is 0.369 e. The molecule has 30 heavy (non-hydrogen) atoms. The highest BCUT2D eigenvalue weighted by Gasteiger charge is 2.50. The predicted molar refractivity (Wildman–Crippen MR) is 130 cm³/mol. The van der Waals surface area contributed by atoms with Crippen LogP contribution in [0.2, 0.25) is 19.6 Å². The maximum Gasteiger partial charge on any atom is 0.369 e. The Bertz CT molecular complexity index is 585. The number of benzene rings is 1. The van der Waals surface area contributed by atoms with Crippen LogP contribution in [0.25, 0.3) is 0 Å². The van der Waals surface area contributed by atoms with Gasteiger partial charge in [0.25, 0.3) is 0 Å². The lowest BCUT2D eigenvalue weighted by atomic mass is 10.3. The molecule has 0 unspecified atom stereocenters. The molecule has 0 heterocycles. The highest BCUT2D eigenvalue weighted by molar-refractivity contribution is 6.96. The van der Waals surface area contributed by atoms with Crippen molar-refractivity contribution in [3.8, 4) is 0 Å². The van der Waals surface area contributed by atoms with Crippen LogP contribution in [-0.2, 0) is 26.6 Å². The van der Waals surface area contributed by atoms with Gasteiger partial charge >= 0.3 is 25.7 Å². The first-order valence-electron chi connectivity index (χ1n) is 11.2. The minimum atomic E-state index is -2.80. The van der Waals surface area contributed by atoms with Crippen molar-refractivity contribution in [3.05, 3.63) is 18.2 Å². The summed E-state index contributed by atoms with van der Waals surface area (Å²) in [6, 6.07) is 6.30. The molecule has 0 spiro atoms.